The second-order valence-electron chi connectivity index (χ2n) is 4.41. The van der Waals surface area contributed by atoms with Crippen LogP contribution in [-0.4, -0.2) is 41.8 Å². The molecule has 0 aliphatic carbocycles. The number of nitrogens with one attached hydrogen (secondary N) is 1. The van der Waals surface area contributed by atoms with Crippen molar-refractivity contribution >= 4 is 11.7 Å². The third-order valence-corrected chi connectivity index (χ3v) is 2.71. The average Bonchev–Trinajstić information content (AvgIpc) is 2.17. The number of carbonyl (C=O) groups is 2. The lowest BCUT2D eigenvalue weighted by Crippen LogP contribution is -2.49. The predicted octanol–water partition coefficient (Wildman–Crippen LogP) is 0.564. The Hall–Kier alpha value is -0.900. The zero-order valence-corrected chi connectivity index (χ0v) is 9.75. The summed E-state index contributed by atoms with van der Waals surface area (Å²) in [6, 6.07) is 0.0480. The van der Waals surface area contributed by atoms with Gasteiger partial charge in [-0.1, -0.05) is 0 Å². The fourth-order valence-electron chi connectivity index (χ4n) is 1.73. The fraction of sp³-hybridized carbons (Fsp3) is 0.818. The maximum Gasteiger partial charge on any atom is 0.237 e. The number of amides is 1. The number of ketones is 1. The third kappa shape index (κ3) is 3.63. The van der Waals surface area contributed by atoms with E-state index in [1.807, 2.05) is 20.8 Å². The maximum atomic E-state index is 11.7. The molecule has 1 atom stereocenters. The minimum absolute atomic E-state index is 0.0550. The molecule has 1 fully saturated rings. The number of carbonyl (C=O) groups excluding carboxylic acids is 2. The molecule has 0 bridgehead atoms. The molecular formula is C11H20N2O2. The number of likely N-dealkylation sites (tertiary alicyclic amines) is 1. The topological polar surface area (TPSA) is 49.4 Å². The van der Waals surface area contributed by atoms with Crippen molar-refractivity contribution in [3.8, 4) is 0 Å². The van der Waals surface area contributed by atoms with Crippen molar-refractivity contribution in [1.29, 1.82) is 0 Å². The molecule has 1 saturated heterocycles. The second-order valence-corrected chi connectivity index (χ2v) is 4.41. The summed E-state index contributed by atoms with van der Waals surface area (Å²) in [5.74, 6) is 0.363. The van der Waals surface area contributed by atoms with Gasteiger partial charge >= 0.3 is 0 Å². The second kappa shape index (κ2) is 5.26. The van der Waals surface area contributed by atoms with E-state index in [-0.39, 0.29) is 18.0 Å². The molecule has 0 aromatic heterocycles. The van der Waals surface area contributed by atoms with Gasteiger partial charge in [-0.2, -0.15) is 0 Å². The number of Topliss-reactive ketones (excluding diaryl/α,β-unsaturated/α-hetero) is 1. The first-order valence-corrected chi connectivity index (χ1v) is 5.57. The Morgan fingerprint density at radius 1 is 1.27 bits per heavy atom. The molecule has 1 aliphatic heterocycles. The summed E-state index contributed by atoms with van der Waals surface area (Å²) >= 11 is 0. The molecule has 0 aromatic carbocycles. The van der Waals surface area contributed by atoms with E-state index in [0.29, 0.717) is 31.7 Å². The minimum Gasteiger partial charge on any atom is -0.353 e. The van der Waals surface area contributed by atoms with E-state index < -0.39 is 0 Å². The summed E-state index contributed by atoms with van der Waals surface area (Å²) in [6.45, 7) is 7.22. The van der Waals surface area contributed by atoms with Crippen LogP contribution >= 0.6 is 0 Å². The first-order chi connectivity index (χ1) is 7.00. The van der Waals surface area contributed by atoms with Gasteiger partial charge < -0.3 is 5.32 Å². The normalized spacial score (nSPS) is 20.4. The lowest BCUT2D eigenvalue weighted by Gasteiger charge is -2.31. The van der Waals surface area contributed by atoms with E-state index in [2.05, 4.69) is 10.2 Å². The number of piperidine rings is 1. The lowest BCUT2D eigenvalue weighted by molar-refractivity contribution is -0.129. The van der Waals surface area contributed by atoms with Gasteiger partial charge in [-0.3, -0.25) is 14.5 Å². The number of rotatable bonds is 3. The van der Waals surface area contributed by atoms with Gasteiger partial charge in [0.05, 0.1) is 6.04 Å². The van der Waals surface area contributed by atoms with Crippen LogP contribution in [0.25, 0.3) is 0 Å². The van der Waals surface area contributed by atoms with Gasteiger partial charge in [0.1, 0.15) is 5.78 Å². The third-order valence-electron chi connectivity index (χ3n) is 2.71. The Balaban J connectivity index is 2.42. The summed E-state index contributed by atoms with van der Waals surface area (Å²) in [7, 11) is 0. The molecule has 1 rings (SSSR count). The Kier molecular flexibility index (Phi) is 4.27. The monoisotopic (exact) mass is 212 g/mol. The highest BCUT2D eigenvalue weighted by Crippen LogP contribution is 2.09. The van der Waals surface area contributed by atoms with Crippen LogP contribution < -0.4 is 5.32 Å². The van der Waals surface area contributed by atoms with Crippen molar-refractivity contribution < 1.29 is 9.59 Å². The molecule has 86 valence electrons. The summed E-state index contributed by atoms with van der Waals surface area (Å²) in [5, 5.41) is 2.89. The molecule has 0 aromatic rings. The van der Waals surface area contributed by atoms with Gasteiger partial charge in [0, 0.05) is 32.0 Å². The van der Waals surface area contributed by atoms with Crippen LogP contribution in [0.3, 0.4) is 0 Å². The number of hydrogen-bond donors (Lipinski definition) is 1. The number of hydrogen-bond acceptors (Lipinski definition) is 3. The standard InChI is InChI=1S/C11H20N2O2/c1-8(2)12-11(15)9(3)13-6-4-10(14)5-7-13/h8-9H,4-7H2,1-3H3,(H,12,15). The molecular weight excluding hydrogens is 192 g/mol. The van der Waals surface area contributed by atoms with Gasteiger partial charge in [-0.15, -0.1) is 0 Å². The minimum atomic E-state index is -0.125. The zero-order chi connectivity index (χ0) is 11.4. The lowest BCUT2D eigenvalue weighted by atomic mass is 10.1. The molecule has 15 heavy (non-hydrogen) atoms. The molecule has 1 aliphatic rings. The van der Waals surface area contributed by atoms with Crippen LogP contribution in [0, 0.1) is 0 Å². The summed E-state index contributed by atoms with van der Waals surface area (Å²) in [4.78, 5) is 24.8. The van der Waals surface area contributed by atoms with E-state index in [4.69, 9.17) is 0 Å². The molecule has 0 saturated carbocycles. The highest BCUT2D eigenvalue weighted by Gasteiger charge is 2.25. The van der Waals surface area contributed by atoms with Crippen molar-refractivity contribution in [3.63, 3.8) is 0 Å². The Bertz CT molecular complexity index is 241. The van der Waals surface area contributed by atoms with E-state index >= 15 is 0 Å². The highest BCUT2D eigenvalue weighted by atomic mass is 16.2. The van der Waals surface area contributed by atoms with Crippen LogP contribution in [0.4, 0.5) is 0 Å². The quantitative estimate of drug-likeness (QED) is 0.744. The van der Waals surface area contributed by atoms with E-state index in [1.165, 1.54) is 0 Å². The highest BCUT2D eigenvalue weighted by molar-refractivity contribution is 5.83. The zero-order valence-electron chi connectivity index (χ0n) is 9.75. The van der Waals surface area contributed by atoms with Crippen molar-refractivity contribution in [2.75, 3.05) is 13.1 Å². The fourth-order valence-corrected chi connectivity index (χ4v) is 1.73. The summed E-state index contributed by atoms with van der Waals surface area (Å²) < 4.78 is 0. The van der Waals surface area contributed by atoms with Crippen LogP contribution in [0.5, 0.6) is 0 Å². The first kappa shape index (κ1) is 12.2. The number of nitrogens with zero attached hydrogens (tertiary/aromatic N) is 1. The van der Waals surface area contributed by atoms with Crippen molar-refractivity contribution in [1.82, 2.24) is 10.2 Å². The van der Waals surface area contributed by atoms with Gasteiger partial charge in [-0.25, -0.2) is 0 Å². The maximum absolute atomic E-state index is 11.7. The van der Waals surface area contributed by atoms with Gasteiger partial charge in [-0.05, 0) is 20.8 Å². The smallest absolute Gasteiger partial charge is 0.237 e. The van der Waals surface area contributed by atoms with Crippen LogP contribution in [0.1, 0.15) is 33.6 Å². The Labute approximate surface area is 91.0 Å². The van der Waals surface area contributed by atoms with Gasteiger partial charge in [0.15, 0.2) is 0 Å². The predicted molar refractivity (Wildman–Crippen MR) is 58.6 cm³/mol. The Morgan fingerprint density at radius 3 is 2.27 bits per heavy atom. The molecule has 4 nitrogen and oxygen atoms in total. The van der Waals surface area contributed by atoms with E-state index in [0.717, 1.165) is 0 Å². The molecule has 4 heteroatoms. The van der Waals surface area contributed by atoms with Crippen molar-refractivity contribution in [2.24, 2.45) is 0 Å². The first-order valence-electron chi connectivity index (χ1n) is 5.57. The average molecular weight is 212 g/mol. The molecule has 1 N–H and O–H groups in total. The van der Waals surface area contributed by atoms with Crippen molar-refractivity contribution in [3.05, 3.63) is 0 Å². The summed E-state index contributed by atoms with van der Waals surface area (Å²) in [6.07, 6.45) is 1.17. The van der Waals surface area contributed by atoms with Crippen molar-refractivity contribution in [2.45, 2.75) is 45.7 Å². The SMILES string of the molecule is CC(C)NC(=O)C(C)N1CCC(=O)CC1. The van der Waals surface area contributed by atoms with E-state index in [1.54, 1.807) is 0 Å². The molecule has 0 spiro atoms. The summed E-state index contributed by atoms with van der Waals surface area (Å²) in [5.41, 5.74) is 0. The molecule has 1 amide bonds. The van der Waals surface area contributed by atoms with E-state index in [9.17, 15) is 9.59 Å². The molecule has 1 heterocycles. The van der Waals surface area contributed by atoms with Gasteiger partial charge in [0.2, 0.25) is 5.91 Å². The van der Waals surface area contributed by atoms with Crippen LogP contribution in [0.15, 0.2) is 0 Å². The van der Waals surface area contributed by atoms with Crippen LogP contribution in [0.2, 0.25) is 0 Å². The molecule has 0 radical (unpaired) electrons. The van der Waals surface area contributed by atoms with Gasteiger partial charge in [0.25, 0.3) is 0 Å². The Morgan fingerprint density at radius 2 is 1.80 bits per heavy atom. The molecule has 1 unspecified atom stereocenters. The largest absolute Gasteiger partial charge is 0.353 e. The van der Waals surface area contributed by atoms with Crippen LogP contribution in [-0.2, 0) is 9.59 Å².